The van der Waals surface area contributed by atoms with E-state index in [1.54, 1.807) is 0 Å². The van der Waals surface area contributed by atoms with E-state index in [0.717, 1.165) is 6.26 Å². The molecule has 0 rings (SSSR count). The molecular formula is C7H14N2O4S2. The first-order valence-electron chi connectivity index (χ1n) is 4.29. The van der Waals surface area contributed by atoms with Crippen LogP contribution in [0, 0.1) is 11.3 Å². The minimum Gasteiger partial charge on any atom is -0.228 e. The summed E-state index contributed by atoms with van der Waals surface area (Å²) in [5.41, 5.74) is 0. The number of nitrogens with one attached hydrogen (secondary N) is 1. The summed E-state index contributed by atoms with van der Waals surface area (Å²) in [5, 5.41) is 7.32. The minimum atomic E-state index is -3.75. The molecule has 88 valence electrons. The summed E-state index contributed by atoms with van der Waals surface area (Å²) in [6, 6.07) is 1.93. The second-order valence-electron chi connectivity index (χ2n) is 3.17. The van der Waals surface area contributed by atoms with Gasteiger partial charge in [-0.15, -0.1) is 0 Å². The van der Waals surface area contributed by atoms with Gasteiger partial charge in [0.15, 0.2) is 14.9 Å². The number of sulfone groups is 1. The molecule has 15 heavy (non-hydrogen) atoms. The molecule has 0 bridgehead atoms. The number of sulfonamides is 1. The van der Waals surface area contributed by atoms with Crippen LogP contribution in [0.2, 0.25) is 0 Å². The van der Waals surface area contributed by atoms with E-state index in [4.69, 9.17) is 5.26 Å². The van der Waals surface area contributed by atoms with Crippen molar-refractivity contribution in [2.24, 2.45) is 0 Å². The van der Waals surface area contributed by atoms with Crippen molar-refractivity contribution in [3.05, 3.63) is 0 Å². The highest BCUT2D eigenvalue weighted by molar-refractivity contribution is 8.06. The normalized spacial score (nSPS) is 12.3. The topological polar surface area (TPSA) is 104 Å². The molecule has 0 aliphatic carbocycles. The van der Waals surface area contributed by atoms with Crippen molar-refractivity contribution in [3.8, 4) is 6.07 Å². The van der Waals surface area contributed by atoms with Crippen molar-refractivity contribution in [1.82, 2.24) is 4.72 Å². The molecule has 0 aromatic rings. The Hall–Kier alpha value is -0.650. The maximum Gasteiger partial charge on any atom is 0.226 e. The quantitative estimate of drug-likeness (QED) is 0.622. The minimum absolute atomic E-state index is 0.166. The Balaban J connectivity index is 3.93. The van der Waals surface area contributed by atoms with Gasteiger partial charge in [-0.25, -0.2) is 21.6 Å². The van der Waals surface area contributed by atoms with Crippen LogP contribution in [0.3, 0.4) is 0 Å². The van der Waals surface area contributed by atoms with Crippen LogP contribution < -0.4 is 4.72 Å². The van der Waals surface area contributed by atoms with Crippen LogP contribution in [0.4, 0.5) is 0 Å². The number of nitriles is 1. The Kier molecular flexibility index (Phi) is 5.79. The molecule has 0 fully saturated rings. The maximum atomic E-state index is 11.1. The van der Waals surface area contributed by atoms with E-state index >= 15 is 0 Å². The Bertz CT molecular complexity index is 418. The molecule has 0 spiro atoms. The molecule has 0 radical (unpaired) electrons. The highest BCUT2D eigenvalue weighted by atomic mass is 32.3. The first-order valence-corrected chi connectivity index (χ1v) is 8.00. The summed E-state index contributed by atoms with van der Waals surface area (Å²) in [7, 11) is -7.28. The van der Waals surface area contributed by atoms with Gasteiger partial charge < -0.3 is 0 Å². The molecule has 0 amide bonds. The lowest BCUT2D eigenvalue weighted by atomic mass is 10.2. The van der Waals surface area contributed by atoms with Gasteiger partial charge in [0.25, 0.3) is 0 Å². The van der Waals surface area contributed by atoms with E-state index in [2.05, 4.69) is 4.72 Å². The standard InChI is InChI=1S/C7H14N2O4S2/c1-14(10,11)7-15(12,13)9-6-4-2-3-5-8/h9H,2-4,6-7H2,1H3. The molecule has 0 aromatic carbocycles. The number of nitrogens with zero attached hydrogens (tertiary/aromatic N) is 1. The van der Waals surface area contributed by atoms with E-state index < -0.39 is 24.9 Å². The van der Waals surface area contributed by atoms with Gasteiger partial charge in [0.1, 0.15) is 0 Å². The fraction of sp³-hybridized carbons (Fsp3) is 0.857. The Morgan fingerprint density at radius 3 is 2.27 bits per heavy atom. The Morgan fingerprint density at radius 1 is 1.20 bits per heavy atom. The SMILES string of the molecule is CS(=O)(=O)CS(=O)(=O)NCCCCC#N. The van der Waals surface area contributed by atoms with Crippen LogP contribution in [-0.2, 0) is 19.9 Å². The van der Waals surface area contributed by atoms with E-state index in [9.17, 15) is 16.8 Å². The maximum absolute atomic E-state index is 11.1. The van der Waals surface area contributed by atoms with Gasteiger partial charge in [-0.2, -0.15) is 5.26 Å². The van der Waals surface area contributed by atoms with Gasteiger partial charge in [0.2, 0.25) is 10.0 Å². The molecule has 6 nitrogen and oxygen atoms in total. The second kappa shape index (κ2) is 6.05. The van der Waals surface area contributed by atoms with Gasteiger partial charge in [-0.1, -0.05) is 0 Å². The van der Waals surface area contributed by atoms with Crippen LogP contribution in [0.25, 0.3) is 0 Å². The van der Waals surface area contributed by atoms with Crippen molar-refractivity contribution in [1.29, 1.82) is 5.26 Å². The smallest absolute Gasteiger partial charge is 0.226 e. The monoisotopic (exact) mass is 254 g/mol. The fourth-order valence-corrected chi connectivity index (χ4v) is 3.92. The molecule has 0 unspecified atom stereocenters. The first kappa shape index (κ1) is 14.3. The van der Waals surface area contributed by atoms with Crippen molar-refractivity contribution >= 4 is 19.9 Å². The summed E-state index contributed by atoms with van der Waals surface area (Å²) in [4.78, 5) is 0. The summed E-state index contributed by atoms with van der Waals surface area (Å²) in [6.07, 6.45) is 2.35. The number of hydrogen-bond donors (Lipinski definition) is 1. The summed E-state index contributed by atoms with van der Waals surface area (Å²) in [5.74, 6) is 0. The van der Waals surface area contributed by atoms with E-state index in [1.807, 2.05) is 6.07 Å². The van der Waals surface area contributed by atoms with Crippen LogP contribution >= 0.6 is 0 Å². The summed E-state index contributed by atoms with van der Waals surface area (Å²) < 4.78 is 45.8. The van der Waals surface area contributed by atoms with Crippen LogP contribution in [0.1, 0.15) is 19.3 Å². The lowest BCUT2D eigenvalue weighted by molar-refractivity contribution is 0.577. The van der Waals surface area contributed by atoms with E-state index in [0.29, 0.717) is 19.3 Å². The second-order valence-corrected chi connectivity index (χ2v) is 7.48. The zero-order valence-electron chi connectivity index (χ0n) is 8.43. The van der Waals surface area contributed by atoms with E-state index in [1.165, 1.54) is 0 Å². The zero-order chi connectivity index (χ0) is 11.9. The fourth-order valence-electron chi connectivity index (χ4n) is 0.880. The average molecular weight is 254 g/mol. The van der Waals surface area contributed by atoms with Crippen molar-refractivity contribution in [2.75, 3.05) is 17.9 Å². The van der Waals surface area contributed by atoms with Gasteiger partial charge in [-0.3, -0.25) is 0 Å². The highest BCUT2D eigenvalue weighted by Gasteiger charge is 2.16. The highest BCUT2D eigenvalue weighted by Crippen LogP contribution is 1.95. The molecule has 0 saturated heterocycles. The molecule has 1 N–H and O–H groups in total. The van der Waals surface area contributed by atoms with Gasteiger partial charge in [0, 0.05) is 19.2 Å². The lowest BCUT2D eigenvalue weighted by Gasteiger charge is -2.04. The molecular weight excluding hydrogens is 240 g/mol. The third kappa shape index (κ3) is 9.65. The average Bonchev–Trinajstić information content (AvgIpc) is 1.99. The van der Waals surface area contributed by atoms with Gasteiger partial charge in [0.05, 0.1) is 6.07 Å². The van der Waals surface area contributed by atoms with Crippen LogP contribution in [0.15, 0.2) is 0 Å². The summed E-state index contributed by atoms with van der Waals surface area (Å²) in [6.45, 7) is 0.166. The van der Waals surface area contributed by atoms with E-state index in [-0.39, 0.29) is 6.54 Å². The summed E-state index contributed by atoms with van der Waals surface area (Å²) >= 11 is 0. The molecule has 0 atom stereocenters. The third-order valence-corrected chi connectivity index (χ3v) is 5.00. The molecule has 0 heterocycles. The first-order chi connectivity index (χ1) is 6.77. The largest absolute Gasteiger partial charge is 0.228 e. The molecule has 0 aliphatic heterocycles. The van der Waals surface area contributed by atoms with Gasteiger partial charge in [-0.05, 0) is 12.8 Å². The molecule has 0 saturated carbocycles. The van der Waals surface area contributed by atoms with Crippen LogP contribution in [-0.4, -0.2) is 34.7 Å². The molecule has 8 heteroatoms. The Labute approximate surface area is 90.3 Å². The predicted molar refractivity (Wildman–Crippen MR) is 56.1 cm³/mol. The third-order valence-electron chi connectivity index (χ3n) is 1.41. The van der Waals surface area contributed by atoms with Crippen LogP contribution in [0.5, 0.6) is 0 Å². The number of rotatable bonds is 7. The van der Waals surface area contributed by atoms with Gasteiger partial charge >= 0.3 is 0 Å². The lowest BCUT2D eigenvalue weighted by Crippen LogP contribution is -2.30. The van der Waals surface area contributed by atoms with Crippen molar-refractivity contribution in [3.63, 3.8) is 0 Å². The predicted octanol–water partition coefficient (Wildman–Crippen LogP) is -0.398. The number of hydrogen-bond acceptors (Lipinski definition) is 5. The van der Waals surface area contributed by atoms with Crippen molar-refractivity contribution < 1.29 is 16.8 Å². The molecule has 0 aromatic heterocycles. The zero-order valence-corrected chi connectivity index (χ0v) is 10.1. The molecule has 0 aliphatic rings. The number of unbranched alkanes of at least 4 members (excludes halogenated alkanes) is 2. The van der Waals surface area contributed by atoms with Crippen molar-refractivity contribution in [2.45, 2.75) is 19.3 Å². The Morgan fingerprint density at radius 2 is 1.80 bits per heavy atom.